The first-order chi connectivity index (χ1) is 15.3. The fraction of sp³-hybridized carbons (Fsp3) is 0.786. The fourth-order valence-corrected chi connectivity index (χ4v) is 3.93. The number of aliphatic hydroxyl groups is 2. The highest BCUT2D eigenvalue weighted by Crippen LogP contribution is 2.22. The molecule has 1 aromatic heterocycles. The summed E-state index contributed by atoms with van der Waals surface area (Å²) in [7, 11) is 0. The lowest BCUT2D eigenvalue weighted by Crippen LogP contribution is -1.95. The van der Waals surface area contributed by atoms with Gasteiger partial charge >= 0.3 is 0 Å². The lowest BCUT2D eigenvalue weighted by Gasteiger charge is -2.07. The van der Waals surface area contributed by atoms with E-state index in [1.54, 1.807) is 0 Å². The second kappa shape index (κ2) is 20.7. The molecular formula is C28H48O3. The molecule has 31 heavy (non-hydrogen) atoms. The Hall–Kier alpha value is -1.24. The second-order valence-electron chi connectivity index (χ2n) is 8.94. The highest BCUT2D eigenvalue weighted by Gasteiger charge is 2.11. The summed E-state index contributed by atoms with van der Waals surface area (Å²) in [6.45, 7) is 2.58. The van der Waals surface area contributed by atoms with Gasteiger partial charge in [-0.25, -0.2) is 0 Å². The van der Waals surface area contributed by atoms with Crippen molar-refractivity contribution >= 4 is 0 Å². The summed E-state index contributed by atoms with van der Waals surface area (Å²) in [6.07, 6.45) is 22.4. The molecule has 0 amide bonds. The van der Waals surface area contributed by atoms with E-state index in [4.69, 9.17) is 9.52 Å². The molecule has 1 atom stereocenters. The zero-order valence-corrected chi connectivity index (χ0v) is 20.2. The van der Waals surface area contributed by atoms with Crippen molar-refractivity contribution in [2.75, 3.05) is 6.61 Å². The Balaban J connectivity index is 2.04. The molecule has 0 aliphatic carbocycles. The molecule has 0 aromatic carbocycles. The number of aliphatic hydroxyl groups excluding tert-OH is 2. The van der Waals surface area contributed by atoms with Crippen molar-refractivity contribution in [2.24, 2.45) is 0 Å². The highest BCUT2D eigenvalue weighted by molar-refractivity contribution is 5.26. The minimum Gasteiger partial charge on any atom is -0.450 e. The van der Waals surface area contributed by atoms with Crippen molar-refractivity contribution < 1.29 is 14.6 Å². The van der Waals surface area contributed by atoms with Crippen molar-refractivity contribution in [3.8, 4) is 11.8 Å². The zero-order valence-electron chi connectivity index (χ0n) is 20.2. The third kappa shape index (κ3) is 16.1. The average Bonchev–Trinajstić information content (AvgIpc) is 3.25. The zero-order chi connectivity index (χ0) is 22.4. The number of rotatable bonds is 20. The van der Waals surface area contributed by atoms with E-state index in [-0.39, 0.29) is 0 Å². The van der Waals surface area contributed by atoms with E-state index in [1.165, 1.54) is 83.5 Å². The molecular weight excluding hydrogens is 384 g/mol. The Labute approximate surface area is 192 Å². The van der Waals surface area contributed by atoms with Gasteiger partial charge in [0.05, 0.1) is 0 Å². The predicted molar refractivity (Wildman–Crippen MR) is 131 cm³/mol. The first-order valence-corrected chi connectivity index (χ1v) is 13.2. The van der Waals surface area contributed by atoms with Crippen molar-refractivity contribution in [1.29, 1.82) is 0 Å². The van der Waals surface area contributed by atoms with Crippen molar-refractivity contribution in [3.63, 3.8) is 0 Å². The van der Waals surface area contributed by atoms with Crippen LogP contribution in [0, 0.1) is 11.8 Å². The second-order valence-corrected chi connectivity index (χ2v) is 8.94. The Kier molecular flexibility index (Phi) is 18.5. The third-order valence-corrected chi connectivity index (χ3v) is 5.96. The van der Waals surface area contributed by atoms with Crippen LogP contribution in [0.25, 0.3) is 0 Å². The average molecular weight is 433 g/mol. The lowest BCUT2D eigenvalue weighted by molar-refractivity contribution is 0.136. The summed E-state index contributed by atoms with van der Waals surface area (Å²) in [6, 6.07) is 3.75. The Bertz CT molecular complexity index is 566. The monoisotopic (exact) mass is 432 g/mol. The summed E-state index contributed by atoms with van der Waals surface area (Å²) in [4.78, 5) is 0. The van der Waals surface area contributed by atoms with Crippen LogP contribution < -0.4 is 0 Å². The van der Waals surface area contributed by atoms with Crippen LogP contribution in [-0.4, -0.2) is 16.8 Å². The van der Waals surface area contributed by atoms with Gasteiger partial charge in [0.25, 0.3) is 0 Å². The largest absolute Gasteiger partial charge is 0.450 e. The van der Waals surface area contributed by atoms with E-state index in [2.05, 4.69) is 18.8 Å². The van der Waals surface area contributed by atoms with Gasteiger partial charge in [-0.15, -0.1) is 0 Å². The molecule has 2 N–H and O–H groups in total. The number of hydrogen-bond donors (Lipinski definition) is 2. The first kappa shape index (κ1) is 27.8. The van der Waals surface area contributed by atoms with Crippen LogP contribution in [0.4, 0.5) is 0 Å². The van der Waals surface area contributed by atoms with Gasteiger partial charge in [-0.2, -0.15) is 0 Å². The molecule has 0 aliphatic rings. The maximum atomic E-state index is 10.3. The Morgan fingerprint density at radius 1 is 0.742 bits per heavy atom. The van der Waals surface area contributed by atoms with Crippen LogP contribution in [-0.2, 0) is 0 Å². The summed E-state index contributed by atoms with van der Waals surface area (Å²) < 4.78 is 5.73. The molecule has 1 unspecified atom stereocenters. The maximum Gasteiger partial charge on any atom is 0.177 e. The minimum absolute atomic E-state index is 0.320. The van der Waals surface area contributed by atoms with Gasteiger partial charge < -0.3 is 14.6 Å². The van der Waals surface area contributed by atoms with Crippen LogP contribution in [0.3, 0.4) is 0 Å². The smallest absolute Gasteiger partial charge is 0.177 e. The van der Waals surface area contributed by atoms with Crippen LogP contribution in [0.2, 0.25) is 0 Å². The number of hydrogen-bond acceptors (Lipinski definition) is 3. The molecule has 3 nitrogen and oxygen atoms in total. The topological polar surface area (TPSA) is 53.6 Å². The third-order valence-electron chi connectivity index (χ3n) is 5.96. The van der Waals surface area contributed by atoms with Crippen molar-refractivity contribution in [2.45, 2.75) is 135 Å². The maximum absolute atomic E-state index is 10.3. The summed E-state index contributed by atoms with van der Waals surface area (Å²) in [5, 5.41) is 19.1. The Morgan fingerprint density at radius 3 is 1.90 bits per heavy atom. The van der Waals surface area contributed by atoms with Gasteiger partial charge in [0.1, 0.15) is 11.9 Å². The molecule has 3 heteroatoms. The van der Waals surface area contributed by atoms with Gasteiger partial charge in [-0.1, -0.05) is 109 Å². The number of unbranched alkanes of at least 4 members (excludes halogenated alkanes) is 16. The molecule has 0 spiro atoms. The van der Waals surface area contributed by atoms with Gasteiger partial charge in [0.15, 0.2) is 5.76 Å². The molecule has 0 bridgehead atoms. The molecule has 0 fully saturated rings. The summed E-state index contributed by atoms with van der Waals surface area (Å²) >= 11 is 0. The van der Waals surface area contributed by atoms with Gasteiger partial charge in [-0.05, 0) is 37.3 Å². The molecule has 1 aromatic rings. The van der Waals surface area contributed by atoms with Crippen LogP contribution in [0.15, 0.2) is 16.5 Å². The normalized spacial score (nSPS) is 12.0. The Morgan fingerprint density at radius 2 is 1.29 bits per heavy atom. The minimum atomic E-state index is -0.504. The lowest BCUT2D eigenvalue weighted by atomic mass is 10.0. The highest BCUT2D eigenvalue weighted by atomic mass is 16.4. The first-order valence-electron chi connectivity index (χ1n) is 13.2. The molecule has 0 saturated carbocycles. The van der Waals surface area contributed by atoms with Crippen molar-refractivity contribution in [3.05, 3.63) is 23.7 Å². The van der Waals surface area contributed by atoms with E-state index < -0.39 is 6.10 Å². The van der Waals surface area contributed by atoms with E-state index in [0.717, 1.165) is 38.5 Å². The predicted octanol–water partition coefficient (Wildman–Crippen LogP) is 8.09. The van der Waals surface area contributed by atoms with Crippen LogP contribution in [0.5, 0.6) is 0 Å². The molecule has 178 valence electrons. The van der Waals surface area contributed by atoms with Crippen LogP contribution in [0.1, 0.15) is 147 Å². The molecule has 0 saturated heterocycles. The van der Waals surface area contributed by atoms with Gasteiger partial charge in [0, 0.05) is 13.0 Å². The standard InChI is InChI=1S/C28H48O3/c1-2-3-4-5-6-7-10-13-16-19-22-27(30)28-24-23-26(31-28)21-18-15-12-9-8-11-14-17-20-25-29/h23-24,27,29-30H,2-17,19-20,22,25H2,1H3. The number of furan rings is 1. The summed E-state index contributed by atoms with van der Waals surface area (Å²) in [5.74, 6) is 7.61. The SMILES string of the molecule is CCCCCCCCCCCCC(O)c1ccc(C#CCCCCCCCCCO)o1. The molecule has 0 aliphatic heterocycles. The van der Waals surface area contributed by atoms with Crippen molar-refractivity contribution in [1.82, 2.24) is 0 Å². The van der Waals surface area contributed by atoms with E-state index in [9.17, 15) is 5.11 Å². The quantitative estimate of drug-likeness (QED) is 0.162. The van der Waals surface area contributed by atoms with Gasteiger partial charge in [0.2, 0.25) is 0 Å². The van der Waals surface area contributed by atoms with E-state index in [0.29, 0.717) is 18.1 Å². The fourth-order valence-electron chi connectivity index (χ4n) is 3.93. The van der Waals surface area contributed by atoms with E-state index in [1.807, 2.05) is 12.1 Å². The summed E-state index contributed by atoms with van der Waals surface area (Å²) in [5.41, 5.74) is 0. The molecule has 1 heterocycles. The van der Waals surface area contributed by atoms with Crippen LogP contribution >= 0.6 is 0 Å². The molecule has 0 radical (unpaired) electrons. The van der Waals surface area contributed by atoms with E-state index >= 15 is 0 Å². The van der Waals surface area contributed by atoms with Gasteiger partial charge in [-0.3, -0.25) is 0 Å². The molecule has 1 rings (SSSR count).